The summed E-state index contributed by atoms with van der Waals surface area (Å²) in [6.45, 7) is 6.27. The number of carboxylic acid groups (broad SMARTS) is 1. The zero-order chi connectivity index (χ0) is 25.9. The fourth-order valence-electron chi connectivity index (χ4n) is 4.70. The van der Waals surface area contributed by atoms with Crippen LogP contribution in [0.15, 0.2) is 66.7 Å². The molecular formula is C30H32ClNO4. The summed E-state index contributed by atoms with van der Waals surface area (Å²) in [5, 5.41) is 9.93. The monoisotopic (exact) mass is 505 g/mol. The van der Waals surface area contributed by atoms with Gasteiger partial charge in [0.05, 0.1) is 0 Å². The van der Waals surface area contributed by atoms with Crippen LogP contribution in [-0.2, 0) is 24.2 Å². The van der Waals surface area contributed by atoms with E-state index in [0.717, 1.165) is 36.1 Å². The van der Waals surface area contributed by atoms with E-state index in [4.69, 9.17) is 16.3 Å². The van der Waals surface area contributed by atoms with Gasteiger partial charge in [-0.25, -0.2) is 0 Å². The average molecular weight is 506 g/mol. The molecule has 188 valence electrons. The standard InChI is InChI=1S/C30H32ClNO4/c1-20(2)23-9-7-21(8-10-23)17-30(3)14-13-24-16-25(11-12-27(24)36-30)29(35)32(19-28(33)34)18-22-5-4-6-26(31)15-22/h4-12,15-16,20H,13-14,17-19H2,1-3H3,(H,33,34). The van der Waals surface area contributed by atoms with Crippen LogP contribution in [0, 0.1) is 0 Å². The molecule has 1 heterocycles. The van der Waals surface area contributed by atoms with Crippen LogP contribution < -0.4 is 4.74 Å². The van der Waals surface area contributed by atoms with Crippen LogP contribution in [0.2, 0.25) is 5.02 Å². The predicted molar refractivity (Wildman–Crippen MR) is 142 cm³/mol. The third-order valence-corrected chi connectivity index (χ3v) is 6.92. The Labute approximate surface area is 217 Å². The van der Waals surface area contributed by atoms with E-state index in [1.54, 1.807) is 24.3 Å². The van der Waals surface area contributed by atoms with Crippen molar-refractivity contribution in [3.8, 4) is 5.75 Å². The van der Waals surface area contributed by atoms with Crippen molar-refractivity contribution >= 4 is 23.5 Å². The molecule has 1 N–H and O–H groups in total. The lowest BCUT2D eigenvalue weighted by molar-refractivity contribution is -0.137. The second kappa shape index (κ2) is 10.8. The van der Waals surface area contributed by atoms with Gasteiger partial charge in [-0.2, -0.15) is 0 Å². The van der Waals surface area contributed by atoms with Crippen molar-refractivity contribution in [1.82, 2.24) is 4.90 Å². The lowest BCUT2D eigenvalue weighted by Crippen LogP contribution is -2.39. The van der Waals surface area contributed by atoms with Crippen molar-refractivity contribution in [3.63, 3.8) is 0 Å². The quantitative estimate of drug-likeness (QED) is 0.378. The number of hydrogen-bond donors (Lipinski definition) is 1. The number of nitrogens with zero attached hydrogens (tertiary/aromatic N) is 1. The van der Waals surface area contributed by atoms with Crippen molar-refractivity contribution < 1.29 is 19.4 Å². The molecule has 1 atom stereocenters. The number of halogens is 1. The molecule has 0 fully saturated rings. The zero-order valence-electron chi connectivity index (χ0n) is 21.0. The Bertz CT molecular complexity index is 1250. The fraction of sp³-hybridized carbons (Fsp3) is 0.333. The van der Waals surface area contributed by atoms with Crippen LogP contribution >= 0.6 is 11.6 Å². The van der Waals surface area contributed by atoms with Crippen molar-refractivity contribution in [2.24, 2.45) is 0 Å². The summed E-state index contributed by atoms with van der Waals surface area (Å²) in [6, 6.07) is 21.2. The Balaban J connectivity index is 1.49. The maximum absolute atomic E-state index is 13.3. The first kappa shape index (κ1) is 25.8. The Hall–Kier alpha value is -3.31. The van der Waals surface area contributed by atoms with E-state index in [-0.39, 0.29) is 18.1 Å². The topological polar surface area (TPSA) is 66.8 Å². The Kier molecular flexibility index (Phi) is 7.70. The van der Waals surface area contributed by atoms with E-state index in [1.165, 1.54) is 16.0 Å². The zero-order valence-corrected chi connectivity index (χ0v) is 21.7. The van der Waals surface area contributed by atoms with Gasteiger partial charge in [-0.15, -0.1) is 0 Å². The number of amides is 1. The summed E-state index contributed by atoms with van der Waals surface area (Å²) < 4.78 is 6.44. The maximum atomic E-state index is 13.3. The first-order chi connectivity index (χ1) is 17.1. The molecule has 5 nitrogen and oxygen atoms in total. The number of hydrogen-bond acceptors (Lipinski definition) is 3. The first-order valence-corrected chi connectivity index (χ1v) is 12.7. The van der Waals surface area contributed by atoms with Gasteiger partial charge in [-0.1, -0.05) is 61.8 Å². The molecule has 6 heteroatoms. The molecule has 0 saturated heterocycles. The fourth-order valence-corrected chi connectivity index (χ4v) is 4.91. The molecule has 0 radical (unpaired) electrons. The molecule has 0 aromatic heterocycles. The number of aliphatic carboxylic acids is 1. The molecule has 0 saturated carbocycles. The molecule has 1 aliphatic heterocycles. The highest BCUT2D eigenvalue weighted by Gasteiger charge is 2.32. The number of aryl methyl sites for hydroxylation is 1. The lowest BCUT2D eigenvalue weighted by Gasteiger charge is -2.36. The molecule has 1 aliphatic rings. The van der Waals surface area contributed by atoms with Gasteiger partial charge < -0.3 is 14.7 Å². The van der Waals surface area contributed by atoms with E-state index in [9.17, 15) is 14.7 Å². The minimum absolute atomic E-state index is 0.160. The second-order valence-electron chi connectivity index (χ2n) is 10.1. The first-order valence-electron chi connectivity index (χ1n) is 12.3. The van der Waals surface area contributed by atoms with Gasteiger partial charge >= 0.3 is 5.97 Å². The summed E-state index contributed by atoms with van der Waals surface area (Å²) >= 11 is 6.07. The molecule has 0 bridgehead atoms. The lowest BCUT2D eigenvalue weighted by atomic mass is 9.86. The number of carbonyl (C=O) groups excluding carboxylic acids is 1. The maximum Gasteiger partial charge on any atom is 0.323 e. The number of benzene rings is 3. The van der Waals surface area contributed by atoms with E-state index in [0.29, 0.717) is 16.5 Å². The van der Waals surface area contributed by atoms with Crippen LogP contribution in [0.25, 0.3) is 0 Å². The summed E-state index contributed by atoms with van der Waals surface area (Å²) in [6.07, 6.45) is 2.41. The highest BCUT2D eigenvalue weighted by Crippen LogP contribution is 2.36. The van der Waals surface area contributed by atoms with E-state index in [2.05, 4.69) is 45.0 Å². The van der Waals surface area contributed by atoms with Crippen molar-refractivity contribution in [2.45, 2.75) is 58.1 Å². The number of carboxylic acids is 1. The van der Waals surface area contributed by atoms with Crippen LogP contribution in [0.1, 0.15) is 65.7 Å². The second-order valence-corrected chi connectivity index (χ2v) is 10.6. The minimum atomic E-state index is -1.07. The summed E-state index contributed by atoms with van der Waals surface area (Å²) in [5.74, 6) is -0.123. The third kappa shape index (κ3) is 6.27. The van der Waals surface area contributed by atoms with E-state index in [1.807, 2.05) is 18.2 Å². The molecule has 3 aromatic carbocycles. The molecule has 1 unspecified atom stereocenters. The summed E-state index contributed by atoms with van der Waals surface area (Å²) in [4.78, 5) is 26.1. The molecule has 3 aromatic rings. The van der Waals surface area contributed by atoms with E-state index >= 15 is 0 Å². The molecule has 1 amide bonds. The summed E-state index contributed by atoms with van der Waals surface area (Å²) in [5.41, 5.74) is 4.42. The average Bonchev–Trinajstić information content (AvgIpc) is 2.83. The Morgan fingerprint density at radius 3 is 2.47 bits per heavy atom. The number of fused-ring (bicyclic) bond motifs is 1. The van der Waals surface area contributed by atoms with Gasteiger partial charge in [0.2, 0.25) is 0 Å². The Morgan fingerprint density at radius 2 is 1.81 bits per heavy atom. The molecule has 36 heavy (non-hydrogen) atoms. The van der Waals surface area contributed by atoms with Crippen molar-refractivity contribution in [1.29, 1.82) is 0 Å². The summed E-state index contributed by atoms with van der Waals surface area (Å²) in [7, 11) is 0. The van der Waals surface area contributed by atoms with Gasteiger partial charge in [0.15, 0.2) is 0 Å². The van der Waals surface area contributed by atoms with Crippen LogP contribution in [-0.4, -0.2) is 34.0 Å². The Morgan fingerprint density at radius 1 is 1.06 bits per heavy atom. The third-order valence-electron chi connectivity index (χ3n) is 6.69. The minimum Gasteiger partial charge on any atom is -0.487 e. The SMILES string of the molecule is CC(C)c1ccc(CC2(C)CCc3cc(C(=O)N(CC(=O)O)Cc4cccc(Cl)c4)ccc3O2)cc1. The number of carbonyl (C=O) groups is 2. The van der Waals surface area contributed by atoms with E-state index < -0.39 is 12.5 Å². The highest BCUT2D eigenvalue weighted by molar-refractivity contribution is 6.30. The number of ether oxygens (including phenoxy) is 1. The normalized spacial score (nSPS) is 16.8. The smallest absolute Gasteiger partial charge is 0.323 e. The van der Waals surface area contributed by atoms with Crippen LogP contribution in [0.3, 0.4) is 0 Å². The highest BCUT2D eigenvalue weighted by atomic mass is 35.5. The molecule has 0 spiro atoms. The van der Waals surface area contributed by atoms with Gasteiger partial charge in [0, 0.05) is 23.6 Å². The molecule has 4 rings (SSSR count). The largest absolute Gasteiger partial charge is 0.487 e. The van der Waals surface area contributed by atoms with Gasteiger partial charge in [0.25, 0.3) is 5.91 Å². The van der Waals surface area contributed by atoms with Crippen molar-refractivity contribution in [2.75, 3.05) is 6.54 Å². The van der Waals surface area contributed by atoms with Gasteiger partial charge in [-0.3, -0.25) is 9.59 Å². The van der Waals surface area contributed by atoms with Gasteiger partial charge in [0.1, 0.15) is 17.9 Å². The van der Waals surface area contributed by atoms with Gasteiger partial charge in [-0.05, 0) is 78.3 Å². The predicted octanol–water partition coefficient (Wildman–Crippen LogP) is 6.52. The molecular weight excluding hydrogens is 474 g/mol. The van der Waals surface area contributed by atoms with Crippen LogP contribution in [0.4, 0.5) is 0 Å². The van der Waals surface area contributed by atoms with Crippen LogP contribution in [0.5, 0.6) is 5.75 Å². The van der Waals surface area contributed by atoms with Crippen molar-refractivity contribution in [3.05, 3.63) is 99.6 Å². The number of rotatable bonds is 8. The molecule has 0 aliphatic carbocycles.